The largest absolute Gasteiger partial charge is 0.356 e. The minimum absolute atomic E-state index is 0.150. The third kappa shape index (κ3) is 2.63. The normalized spacial score (nSPS) is 13.4. The molecule has 2 N–H and O–H groups in total. The number of carbonyl (C=O) groups excluding carboxylic acids is 1. The molecule has 1 aromatic carbocycles. The van der Waals surface area contributed by atoms with E-state index in [9.17, 15) is 4.79 Å². The number of para-hydroxylation sites is 1. The van der Waals surface area contributed by atoms with Crippen molar-refractivity contribution in [3.8, 4) is 0 Å². The van der Waals surface area contributed by atoms with Crippen LogP contribution in [0.5, 0.6) is 0 Å². The first-order valence-electron chi connectivity index (χ1n) is 7.40. The lowest BCUT2D eigenvalue weighted by molar-refractivity contribution is 0.102. The molecule has 2 aromatic rings. The maximum atomic E-state index is 12.4. The van der Waals surface area contributed by atoms with Crippen LogP contribution in [0.25, 0.3) is 0 Å². The van der Waals surface area contributed by atoms with Crippen LogP contribution in [0.2, 0.25) is 0 Å². The van der Waals surface area contributed by atoms with E-state index >= 15 is 0 Å². The van der Waals surface area contributed by atoms with Crippen molar-refractivity contribution in [1.82, 2.24) is 9.55 Å². The number of amides is 1. The Morgan fingerprint density at radius 1 is 1.48 bits per heavy atom. The van der Waals surface area contributed by atoms with Crippen LogP contribution >= 0.6 is 0 Å². The molecule has 1 aliphatic heterocycles. The van der Waals surface area contributed by atoms with Crippen LogP contribution in [0.4, 0.5) is 11.6 Å². The summed E-state index contributed by atoms with van der Waals surface area (Å²) in [5.74, 6) is 0.634. The van der Waals surface area contributed by atoms with E-state index in [1.165, 1.54) is 0 Å². The number of carbonyl (C=O) groups is 1. The summed E-state index contributed by atoms with van der Waals surface area (Å²) in [7, 11) is 0. The summed E-state index contributed by atoms with van der Waals surface area (Å²) in [6.45, 7) is 5.92. The second-order valence-corrected chi connectivity index (χ2v) is 5.34. The highest BCUT2D eigenvalue weighted by atomic mass is 16.1. The number of imidazole rings is 1. The number of rotatable bonds is 3. The molecule has 0 saturated carbocycles. The molecule has 0 fully saturated rings. The van der Waals surface area contributed by atoms with Crippen molar-refractivity contribution in [2.24, 2.45) is 0 Å². The Labute approximate surface area is 124 Å². The van der Waals surface area contributed by atoms with Crippen molar-refractivity contribution in [3.05, 3.63) is 41.2 Å². The molecule has 0 unspecified atom stereocenters. The van der Waals surface area contributed by atoms with Crippen molar-refractivity contribution in [2.45, 2.75) is 33.2 Å². The molecule has 5 nitrogen and oxygen atoms in total. The maximum absolute atomic E-state index is 12.4. The Bertz CT molecular complexity index is 651. The Kier molecular flexibility index (Phi) is 3.64. The molecule has 0 radical (unpaired) electrons. The van der Waals surface area contributed by atoms with Crippen molar-refractivity contribution in [1.29, 1.82) is 0 Å². The number of benzene rings is 1. The van der Waals surface area contributed by atoms with Crippen LogP contribution < -0.4 is 10.6 Å². The molecule has 1 amide bonds. The van der Waals surface area contributed by atoms with Crippen LogP contribution in [-0.2, 0) is 13.0 Å². The Hall–Kier alpha value is -2.30. The summed E-state index contributed by atoms with van der Waals surface area (Å²) in [6, 6.07) is 6.07. The minimum atomic E-state index is -0.150. The van der Waals surface area contributed by atoms with Crippen LogP contribution in [0.15, 0.2) is 24.4 Å². The molecule has 110 valence electrons. The molecule has 0 aliphatic carbocycles. The number of fused-ring (bicyclic) bond motifs is 1. The summed E-state index contributed by atoms with van der Waals surface area (Å²) >= 11 is 0. The Balaban J connectivity index is 1.85. The summed E-state index contributed by atoms with van der Waals surface area (Å²) in [4.78, 5) is 16.8. The number of aryl methyl sites for hydroxylation is 3. The van der Waals surface area contributed by atoms with Gasteiger partial charge in [0.1, 0.15) is 5.69 Å². The molecule has 0 atom stereocenters. The topological polar surface area (TPSA) is 59.0 Å². The lowest BCUT2D eigenvalue weighted by Gasteiger charge is -2.14. The quantitative estimate of drug-likeness (QED) is 0.911. The first-order chi connectivity index (χ1) is 10.2. The molecule has 2 heterocycles. The summed E-state index contributed by atoms with van der Waals surface area (Å²) in [5, 5.41) is 6.22. The second-order valence-electron chi connectivity index (χ2n) is 5.34. The molecular formula is C16H20N4O. The van der Waals surface area contributed by atoms with Gasteiger partial charge in [-0.25, -0.2) is 4.98 Å². The van der Waals surface area contributed by atoms with Gasteiger partial charge in [0.2, 0.25) is 5.95 Å². The molecular weight excluding hydrogens is 264 g/mol. The number of hydrogen-bond donors (Lipinski definition) is 2. The third-order valence-corrected chi connectivity index (χ3v) is 3.85. The summed E-state index contributed by atoms with van der Waals surface area (Å²) in [5.41, 5.74) is 3.59. The average molecular weight is 284 g/mol. The SMILES string of the molecule is CCc1cccc(C)c1NC(=O)c1cn2c(n1)NCCC2. The predicted octanol–water partition coefficient (Wildman–Crippen LogP) is 2.82. The fourth-order valence-electron chi connectivity index (χ4n) is 2.67. The van der Waals surface area contributed by atoms with Crippen LogP contribution in [0.1, 0.15) is 35.0 Å². The van der Waals surface area contributed by atoms with Crippen molar-refractivity contribution < 1.29 is 4.79 Å². The molecule has 1 aromatic heterocycles. The highest BCUT2D eigenvalue weighted by Gasteiger charge is 2.17. The van der Waals surface area contributed by atoms with E-state index in [2.05, 4.69) is 22.5 Å². The van der Waals surface area contributed by atoms with Gasteiger partial charge in [-0.15, -0.1) is 0 Å². The monoisotopic (exact) mass is 284 g/mol. The first kappa shape index (κ1) is 13.7. The molecule has 5 heteroatoms. The minimum Gasteiger partial charge on any atom is -0.356 e. The van der Waals surface area contributed by atoms with Gasteiger partial charge in [-0.1, -0.05) is 25.1 Å². The summed E-state index contributed by atoms with van der Waals surface area (Å²) in [6.07, 6.45) is 3.77. The van der Waals surface area contributed by atoms with Gasteiger partial charge >= 0.3 is 0 Å². The van der Waals surface area contributed by atoms with E-state index in [4.69, 9.17) is 0 Å². The Morgan fingerprint density at radius 2 is 2.33 bits per heavy atom. The zero-order valence-corrected chi connectivity index (χ0v) is 12.4. The van der Waals surface area contributed by atoms with Gasteiger partial charge in [-0.05, 0) is 30.9 Å². The molecule has 0 bridgehead atoms. The summed E-state index contributed by atoms with van der Waals surface area (Å²) < 4.78 is 2.00. The standard InChI is InChI=1S/C16H20N4O/c1-3-12-7-4-6-11(2)14(12)19-15(21)13-10-20-9-5-8-17-16(20)18-13/h4,6-7,10H,3,5,8-9H2,1-2H3,(H,17,18)(H,19,21). The van der Waals surface area contributed by atoms with Crippen LogP contribution in [0, 0.1) is 6.92 Å². The molecule has 0 spiro atoms. The Morgan fingerprint density at radius 3 is 3.10 bits per heavy atom. The molecule has 0 saturated heterocycles. The van der Waals surface area contributed by atoms with Crippen molar-refractivity contribution in [3.63, 3.8) is 0 Å². The zero-order chi connectivity index (χ0) is 14.8. The lowest BCUT2D eigenvalue weighted by atomic mass is 10.1. The number of anilines is 2. The van der Waals surface area contributed by atoms with E-state index in [1.54, 1.807) is 0 Å². The molecule has 3 rings (SSSR count). The third-order valence-electron chi connectivity index (χ3n) is 3.85. The van der Waals surface area contributed by atoms with Gasteiger partial charge < -0.3 is 15.2 Å². The van der Waals surface area contributed by atoms with E-state index in [0.717, 1.165) is 48.7 Å². The number of nitrogens with zero attached hydrogens (tertiary/aromatic N) is 2. The number of aromatic nitrogens is 2. The highest BCUT2D eigenvalue weighted by Crippen LogP contribution is 2.22. The van der Waals surface area contributed by atoms with Crippen molar-refractivity contribution >= 4 is 17.5 Å². The van der Waals surface area contributed by atoms with E-state index in [1.807, 2.05) is 35.9 Å². The predicted molar refractivity (Wildman–Crippen MR) is 83.8 cm³/mol. The fraction of sp³-hybridized carbons (Fsp3) is 0.375. The van der Waals surface area contributed by atoms with Gasteiger partial charge in [0.15, 0.2) is 0 Å². The first-order valence-corrected chi connectivity index (χ1v) is 7.40. The smallest absolute Gasteiger partial charge is 0.275 e. The lowest BCUT2D eigenvalue weighted by Crippen LogP contribution is -2.16. The molecule has 1 aliphatic rings. The van der Waals surface area contributed by atoms with E-state index in [-0.39, 0.29) is 5.91 Å². The molecule has 21 heavy (non-hydrogen) atoms. The van der Waals surface area contributed by atoms with Crippen molar-refractivity contribution in [2.75, 3.05) is 17.2 Å². The van der Waals surface area contributed by atoms with Crippen LogP contribution in [0.3, 0.4) is 0 Å². The second kappa shape index (κ2) is 5.60. The van der Waals surface area contributed by atoms with E-state index in [0.29, 0.717) is 5.69 Å². The van der Waals surface area contributed by atoms with Gasteiger partial charge in [0.05, 0.1) is 0 Å². The van der Waals surface area contributed by atoms with E-state index < -0.39 is 0 Å². The van der Waals surface area contributed by atoms with Gasteiger partial charge in [-0.2, -0.15) is 0 Å². The van der Waals surface area contributed by atoms with Gasteiger partial charge in [0.25, 0.3) is 5.91 Å². The van der Waals surface area contributed by atoms with Gasteiger partial charge in [0, 0.05) is 25.0 Å². The maximum Gasteiger partial charge on any atom is 0.275 e. The average Bonchev–Trinajstić information content (AvgIpc) is 2.93. The number of nitrogens with one attached hydrogen (secondary N) is 2. The van der Waals surface area contributed by atoms with Gasteiger partial charge in [-0.3, -0.25) is 4.79 Å². The fourth-order valence-corrected chi connectivity index (χ4v) is 2.67. The van der Waals surface area contributed by atoms with Crippen LogP contribution in [-0.4, -0.2) is 22.0 Å². The number of hydrogen-bond acceptors (Lipinski definition) is 3. The zero-order valence-electron chi connectivity index (χ0n) is 12.4. The highest BCUT2D eigenvalue weighted by molar-refractivity contribution is 6.04.